The van der Waals surface area contributed by atoms with Gasteiger partial charge in [0.05, 0.1) is 0 Å². The van der Waals surface area contributed by atoms with Crippen molar-refractivity contribution in [3.63, 3.8) is 0 Å². The highest BCUT2D eigenvalue weighted by molar-refractivity contribution is 5.71. The second kappa shape index (κ2) is 5.22. The Morgan fingerprint density at radius 3 is 2.71 bits per heavy atom. The topological polar surface area (TPSA) is 26.3 Å². The van der Waals surface area contributed by atoms with Crippen LogP contribution in [-0.4, -0.2) is 6.29 Å². The van der Waals surface area contributed by atoms with Crippen LogP contribution in [0.2, 0.25) is 0 Å². The predicted octanol–water partition coefficient (Wildman–Crippen LogP) is 2.87. The number of hydrogen-bond donors (Lipinski definition) is 0. The molecule has 0 aliphatic heterocycles. The van der Waals surface area contributed by atoms with E-state index in [0.29, 0.717) is 5.76 Å². The van der Waals surface area contributed by atoms with Gasteiger partial charge >= 0.3 is 0 Å². The molecule has 0 unspecified atom stereocenters. The summed E-state index contributed by atoms with van der Waals surface area (Å²) in [5, 5.41) is 0. The summed E-state index contributed by atoms with van der Waals surface area (Å²) in [6, 6.07) is 7.62. The van der Waals surface area contributed by atoms with Gasteiger partial charge in [-0.05, 0) is 31.1 Å². The normalized spacial score (nSPS) is 11.1. The highest BCUT2D eigenvalue weighted by atomic mass is 16.5. The first-order valence-corrected chi connectivity index (χ1v) is 4.66. The molecule has 0 aliphatic rings. The van der Waals surface area contributed by atoms with Crippen LogP contribution in [0.25, 0.3) is 0 Å². The van der Waals surface area contributed by atoms with E-state index in [2.05, 4.69) is 0 Å². The average molecular weight is 190 g/mol. The lowest BCUT2D eigenvalue weighted by Gasteiger charge is -2.06. The van der Waals surface area contributed by atoms with Crippen molar-refractivity contribution >= 4 is 6.29 Å². The molecule has 0 saturated heterocycles. The molecule has 0 radical (unpaired) electrons. The molecule has 1 aromatic rings. The van der Waals surface area contributed by atoms with E-state index < -0.39 is 0 Å². The van der Waals surface area contributed by atoms with Crippen molar-refractivity contribution in [3.05, 3.63) is 41.7 Å². The SMILES string of the molecule is CC/C=C(/C=O)Oc1ccccc1C. The summed E-state index contributed by atoms with van der Waals surface area (Å²) in [5.74, 6) is 1.11. The Bertz CT molecular complexity index is 340. The van der Waals surface area contributed by atoms with Gasteiger partial charge in [-0.15, -0.1) is 0 Å². The van der Waals surface area contributed by atoms with Crippen LogP contribution in [0.5, 0.6) is 5.75 Å². The maximum Gasteiger partial charge on any atom is 0.184 e. The van der Waals surface area contributed by atoms with Crippen molar-refractivity contribution in [3.8, 4) is 5.75 Å². The van der Waals surface area contributed by atoms with Crippen molar-refractivity contribution in [2.24, 2.45) is 0 Å². The Kier molecular flexibility index (Phi) is 3.92. The molecule has 2 nitrogen and oxygen atoms in total. The van der Waals surface area contributed by atoms with Crippen LogP contribution in [-0.2, 0) is 4.79 Å². The van der Waals surface area contributed by atoms with E-state index in [-0.39, 0.29) is 0 Å². The molecule has 1 rings (SSSR count). The van der Waals surface area contributed by atoms with Gasteiger partial charge in [0.2, 0.25) is 0 Å². The minimum atomic E-state index is 0.377. The summed E-state index contributed by atoms with van der Waals surface area (Å²) in [4.78, 5) is 10.6. The lowest BCUT2D eigenvalue weighted by atomic mass is 10.2. The van der Waals surface area contributed by atoms with Crippen LogP contribution in [0, 0.1) is 6.92 Å². The van der Waals surface area contributed by atoms with Gasteiger partial charge in [0.15, 0.2) is 12.0 Å². The molecule has 0 saturated carbocycles. The van der Waals surface area contributed by atoms with Crippen molar-refractivity contribution in [1.29, 1.82) is 0 Å². The summed E-state index contributed by atoms with van der Waals surface area (Å²) in [5.41, 5.74) is 1.02. The van der Waals surface area contributed by atoms with E-state index >= 15 is 0 Å². The monoisotopic (exact) mass is 190 g/mol. The molecular formula is C12H14O2. The third-order valence-corrected chi connectivity index (χ3v) is 1.84. The lowest BCUT2D eigenvalue weighted by Crippen LogP contribution is -1.97. The Labute approximate surface area is 84.2 Å². The molecule has 0 amide bonds. The molecule has 0 aromatic heterocycles. The van der Waals surface area contributed by atoms with Crippen LogP contribution >= 0.6 is 0 Å². The molecule has 2 heteroatoms. The van der Waals surface area contributed by atoms with Gasteiger partial charge in [0.25, 0.3) is 0 Å². The Balaban J connectivity index is 2.82. The van der Waals surface area contributed by atoms with E-state index in [1.54, 1.807) is 6.08 Å². The molecule has 74 valence electrons. The van der Waals surface area contributed by atoms with Crippen molar-refractivity contribution in [1.82, 2.24) is 0 Å². The maximum absolute atomic E-state index is 10.6. The quantitative estimate of drug-likeness (QED) is 0.414. The van der Waals surface area contributed by atoms with Crippen molar-refractivity contribution in [2.45, 2.75) is 20.3 Å². The zero-order chi connectivity index (χ0) is 10.4. The predicted molar refractivity (Wildman–Crippen MR) is 56.2 cm³/mol. The molecule has 0 atom stereocenters. The molecule has 0 N–H and O–H groups in total. The van der Waals surface area contributed by atoms with Crippen LogP contribution < -0.4 is 4.74 Å². The maximum atomic E-state index is 10.6. The number of carbonyl (C=O) groups excluding carboxylic acids is 1. The summed E-state index contributed by atoms with van der Waals surface area (Å²) in [6.07, 6.45) is 3.29. The smallest absolute Gasteiger partial charge is 0.184 e. The van der Waals surface area contributed by atoms with Gasteiger partial charge in [0, 0.05) is 0 Å². The third-order valence-electron chi connectivity index (χ3n) is 1.84. The highest BCUT2D eigenvalue weighted by Crippen LogP contribution is 2.18. The van der Waals surface area contributed by atoms with Gasteiger partial charge < -0.3 is 4.74 Å². The molecule has 0 fully saturated rings. The standard InChI is InChI=1S/C12H14O2/c1-3-6-11(9-13)14-12-8-5-4-7-10(12)2/h4-9H,3H2,1-2H3/b11-6-. The van der Waals surface area contributed by atoms with E-state index in [1.807, 2.05) is 38.1 Å². The fourth-order valence-corrected chi connectivity index (χ4v) is 1.11. The number of carbonyl (C=O) groups is 1. The number of para-hydroxylation sites is 1. The average Bonchev–Trinajstić information content (AvgIpc) is 2.20. The van der Waals surface area contributed by atoms with Gasteiger partial charge in [-0.25, -0.2) is 0 Å². The van der Waals surface area contributed by atoms with E-state index in [9.17, 15) is 4.79 Å². The van der Waals surface area contributed by atoms with E-state index in [1.165, 1.54) is 0 Å². The fraction of sp³-hybridized carbons (Fsp3) is 0.250. The first-order valence-electron chi connectivity index (χ1n) is 4.66. The van der Waals surface area contributed by atoms with E-state index in [0.717, 1.165) is 24.0 Å². The molecule has 0 aliphatic carbocycles. The molecule has 14 heavy (non-hydrogen) atoms. The number of allylic oxidation sites excluding steroid dienone is 2. The van der Waals surface area contributed by atoms with Gasteiger partial charge in [-0.1, -0.05) is 25.1 Å². The molecule has 0 spiro atoms. The highest BCUT2D eigenvalue weighted by Gasteiger charge is 2.00. The van der Waals surface area contributed by atoms with Crippen LogP contribution in [0.1, 0.15) is 18.9 Å². The molecule has 0 heterocycles. The minimum Gasteiger partial charge on any atom is -0.454 e. The number of ether oxygens (including phenoxy) is 1. The zero-order valence-corrected chi connectivity index (χ0v) is 8.49. The number of aldehydes is 1. The van der Waals surface area contributed by atoms with Gasteiger partial charge in [-0.3, -0.25) is 4.79 Å². The van der Waals surface area contributed by atoms with Gasteiger partial charge in [-0.2, -0.15) is 0 Å². The Morgan fingerprint density at radius 2 is 2.14 bits per heavy atom. The summed E-state index contributed by atoms with van der Waals surface area (Å²) in [6.45, 7) is 3.91. The molecule has 1 aromatic carbocycles. The van der Waals surface area contributed by atoms with E-state index in [4.69, 9.17) is 4.74 Å². The van der Waals surface area contributed by atoms with Crippen molar-refractivity contribution < 1.29 is 9.53 Å². The van der Waals surface area contributed by atoms with Crippen LogP contribution in [0.4, 0.5) is 0 Å². The third kappa shape index (κ3) is 2.73. The van der Waals surface area contributed by atoms with Crippen LogP contribution in [0.15, 0.2) is 36.1 Å². The Morgan fingerprint density at radius 1 is 1.43 bits per heavy atom. The summed E-state index contributed by atoms with van der Waals surface area (Å²) in [7, 11) is 0. The van der Waals surface area contributed by atoms with Crippen LogP contribution in [0.3, 0.4) is 0 Å². The first-order chi connectivity index (χ1) is 6.77. The molecular weight excluding hydrogens is 176 g/mol. The summed E-state index contributed by atoms with van der Waals surface area (Å²) >= 11 is 0. The van der Waals surface area contributed by atoms with Gasteiger partial charge in [0.1, 0.15) is 5.75 Å². The number of aryl methyl sites for hydroxylation is 1. The summed E-state index contributed by atoms with van der Waals surface area (Å²) < 4.78 is 5.43. The first kappa shape index (κ1) is 10.5. The number of hydrogen-bond acceptors (Lipinski definition) is 2. The Hall–Kier alpha value is -1.57. The van der Waals surface area contributed by atoms with Crippen molar-refractivity contribution in [2.75, 3.05) is 0 Å². The second-order valence-corrected chi connectivity index (χ2v) is 3.00. The number of rotatable bonds is 4. The number of benzene rings is 1. The molecule has 0 bridgehead atoms. The fourth-order valence-electron chi connectivity index (χ4n) is 1.11. The minimum absolute atomic E-state index is 0.377. The second-order valence-electron chi connectivity index (χ2n) is 3.00. The largest absolute Gasteiger partial charge is 0.454 e. The lowest BCUT2D eigenvalue weighted by molar-refractivity contribution is -0.106. The zero-order valence-electron chi connectivity index (χ0n) is 8.49.